The highest BCUT2D eigenvalue weighted by atomic mass is 79.9. The SMILES string of the molecule is CC(C)(C)C[C@@H]1CN(C(=O)c2cc3oc(Br)cc3[nH]2)C[C@H]1N.Cl. The number of rotatable bonds is 2. The summed E-state index contributed by atoms with van der Waals surface area (Å²) >= 11 is 3.28. The van der Waals surface area contributed by atoms with Crippen molar-refractivity contribution in [1.29, 1.82) is 0 Å². The van der Waals surface area contributed by atoms with E-state index in [0.717, 1.165) is 18.5 Å². The molecule has 0 bridgehead atoms. The van der Waals surface area contributed by atoms with Crippen LogP contribution in [0.3, 0.4) is 0 Å². The van der Waals surface area contributed by atoms with Crippen molar-refractivity contribution < 1.29 is 9.21 Å². The molecule has 5 nitrogen and oxygen atoms in total. The number of likely N-dealkylation sites (tertiary alicyclic amines) is 1. The molecule has 2 atom stereocenters. The van der Waals surface area contributed by atoms with E-state index in [9.17, 15) is 4.79 Å². The molecule has 0 spiro atoms. The average Bonchev–Trinajstić information content (AvgIpc) is 3.00. The Morgan fingerprint density at radius 3 is 2.74 bits per heavy atom. The standard InChI is InChI=1S/C16H22BrN3O2.ClH/c1-16(2,3)6-9-7-20(8-10(9)18)15(21)12-4-13-11(19-12)5-14(17)22-13;/h4-5,9-10,19H,6-8,18H2,1-3H3;1H/t9-,10-;/m1./s1. The van der Waals surface area contributed by atoms with Crippen molar-refractivity contribution in [3.63, 3.8) is 0 Å². The molecule has 0 aromatic carbocycles. The zero-order valence-corrected chi connectivity index (χ0v) is 16.0. The van der Waals surface area contributed by atoms with E-state index in [-0.39, 0.29) is 29.8 Å². The summed E-state index contributed by atoms with van der Waals surface area (Å²) in [6.07, 6.45) is 1.03. The maximum Gasteiger partial charge on any atom is 0.270 e. The summed E-state index contributed by atoms with van der Waals surface area (Å²) in [6, 6.07) is 3.63. The molecular formula is C16H23BrClN3O2. The first-order valence-electron chi connectivity index (χ1n) is 7.56. The number of fused-ring (bicyclic) bond motifs is 1. The number of amides is 1. The van der Waals surface area contributed by atoms with Crippen LogP contribution in [0.1, 0.15) is 37.7 Å². The fourth-order valence-electron chi connectivity index (χ4n) is 3.24. The summed E-state index contributed by atoms with van der Waals surface area (Å²) in [5.41, 5.74) is 8.53. The number of carbonyl (C=O) groups is 1. The number of nitrogens with zero attached hydrogens (tertiary/aromatic N) is 1. The molecule has 0 aliphatic carbocycles. The van der Waals surface area contributed by atoms with Crippen molar-refractivity contribution in [2.45, 2.75) is 33.2 Å². The molecule has 1 saturated heterocycles. The lowest BCUT2D eigenvalue weighted by Crippen LogP contribution is -2.33. The van der Waals surface area contributed by atoms with Crippen LogP contribution in [0.5, 0.6) is 0 Å². The summed E-state index contributed by atoms with van der Waals surface area (Å²) in [5, 5.41) is 0. The normalized spacial score (nSPS) is 21.7. The number of nitrogens with one attached hydrogen (secondary N) is 1. The van der Waals surface area contributed by atoms with E-state index in [1.54, 1.807) is 6.07 Å². The molecule has 128 valence electrons. The second-order valence-corrected chi connectivity index (χ2v) is 8.19. The Bertz CT molecular complexity index is 672. The topological polar surface area (TPSA) is 75.3 Å². The minimum Gasteiger partial charge on any atom is -0.448 e. The van der Waals surface area contributed by atoms with E-state index in [2.05, 4.69) is 41.7 Å². The van der Waals surface area contributed by atoms with E-state index in [1.165, 1.54) is 0 Å². The van der Waals surface area contributed by atoms with Gasteiger partial charge in [-0.15, -0.1) is 12.4 Å². The Kier molecular flexibility index (Phi) is 5.18. The fourth-order valence-corrected chi connectivity index (χ4v) is 3.64. The van der Waals surface area contributed by atoms with Gasteiger partial charge in [-0.1, -0.05) is 20.8 Å². The molecular weight excluding hydrogens is 382 g/mol. The predicted octanol–water partition coefficient (Wildman–Crippen LogP) is 3.78. The van der Waals surface area contributed by atoms with Crippen molar-refractivity contribution in [2.24, 2.45) is 17.1 Å². The molecule has 3 heterocycles. The molecule has 0 saturated carbocycles. The number of carbonyl (C=O) groups excluding carboxylic acids is 1. The number of H-pyrrole nitrogens is 1. The van der Waals surface area contributed by atoms with E-state index < -0.39 is 0 Å². The van der Waals surface area contributed by atoms with Gasteiger partial charge in [-0.05, 0) is 33.7 Å². The number of hydrogen-bond acceptors (Lipinski definition) is 3. The third-order valence-corrected chi connectivity index (χ3v) is 4.55. The number of nitrogens with two attached hydrogens (primary N) is 1. The minimum atomic E-state index is -0.00520. The van der Waals surface area contributed by atoms with Gasteiger partial charge in [-0.2, -0.15) is 0 Å². The van der Waals surface area contributed by atoms with Gasteiger partial charge in [-0.3, -0.25) is 4.79 Å². The molecule has 2 aromatic heterocycles. The molecule has 1 aliphatic rings. The first-order chi connectivity index (χ1) is 10.2. The molecule has 1 amide bonds. The van der Waals surface area contributed by atoms with Crippen LogP contribution in [-0.4, -0.2) is 34.9 Å². The van der Waals surface area contributed by atoms with Gasteiger partial charge in [0.1, 0.15) is 5.69 Å². The van der Waals surface area contributed by atoms with Gasteiger partial charge in [0.05, 0.1) is 5.52 Å². The Balaban J connectivity index is 0.00000192. The highest BCUT2D eigenvalue weighted by molar-refractivity contribution is 9.10. The van der Waals surface area contributed by atoms with Crippen LogP contribution in [0.25, 0.3) is 11.1 Å². The summed E-state index contributed by atoms with van der Waals surface area (Å²) in [5.74, 6) is 0.352. The van der Waals surface area contributed by atoms with Crippen LogP contribution in [0.15, 0.2) is 21.2 Å². The lowest BCUT2D eigenvalue weighted by molar-refractivity contribution is 0.0778. The quantitative estimate of drug-likeness (QED) is 0.800. The third-order valence-electron chi connectivity index (χ3n) is 4.16. The molecule has 1 aliphatic heterocycles. The van der Waals surface area contributed by atoms with Gasteiger partial charge < -0.3 is 20.0 Å². The number of aromatic amines is 1. The maximum absolute atomic E-state index is 12.6. The van der Waals surface area contributed by atoms with Crippen molar-refractivity contribution in [1.82, 2.24) is 9.88 Å². The van der Waals surface area contributed by atoms with E-state index in [1.807, 2.05) is 11.0 Å². The van der Waals surface area contributed by atoms with Crippen LogP contribution in [0, 0.1) is 11.3 Å². The monoisotopic (exact) mass is 403 g/mol. The Hall–Kier alpha value is -0.980. The Morgan fingerprint density at radius 2 is 2.13 bits per heavy atom. The third kappa shape index (κ3) is 3.92. The van der Waals surface area contributed by atoms with E-state index >= 15 is 0 Å². The molecule has 3 rings (SSSR count). The van der Waals surface area contributed by atoms with Crippen LogP contribution < -0.4 is 5.73 Å². The van der Waals surface area contributed by atoms with Gasteiger partial charge in [0.2, 0.25) is 0 Å². The zero-order chi connectivity index (χ0) is 16.1. The maximum atomic E-state index is 12.6. The highest BCUT2D eigenvalue weighted by Crippen LogP contribution is 2.31. The first-order valence-corrected chi connectivity index (χ1v) is 8.35. The van der Waals surface area contributed by atoms with Gasteiger partial charge >= 0.3 is 0 Å². The number of furan rings is 1. The lowest BCUT2D eigenvalue weighted by atomic mass is 9.83. The van der Waals surface area contributed by atoms with Crippen molar-refractivity contribution in [3.8, 4) is 0 Å². The molecule has 0 radical (unpaired) electrons. The van der Waals surface area contributed by atoms with E-state index in [4.69, 9.17) is 10.2 Å². The van der Waals surface area contributed by atoms with Crippen LogP contribution in [0.2, 0.25) is 0 Å². The lowest BCUT2D eigenvalue weighted by Gasteiger charge is -2.24. The number of aromatic nitrogens is 1. The largest absolute Gasteiger partial charge is 0.448 e. The summed E-state index contributed by atoms with van der Waals surface area (Å²) < 4.78 is 6.11. The number of halogens is 2. The van der Waals surface area contributed by atoms with Crippen molar-refractivity contribution in [3.05, 3.63) is 22.5 Å². The highest BCUT2D eigenvalue weighted by Gasteiger charge is 2.35. The van der Waals surface area contributed by atoms with Gasteiger partial charge in [0.25, 0.3) is 5.91 Å². The van der Waals surface area contributed by atoms with Gasteiger partial charge in [0.15, 0.2) is 10.3 Å². The van der Waals surface area contributed by atoms with Crippen molar-refractivity contribution in [2.75, 3.05) is 13.1 Å². The predicted molar refractivity (Wildman–Crippen MR) is 97.0 cm³/mol. The minimum absolute atomic E-state index is 0. The van der Waals surface area contributed by atoms with Crippen LogP contribution in [-0.2, 0) is 0 Å². The number of hydrogen-bond donors (Lipinski definition) is 2. The van der Waals surface area contributed by atoms with Gasteiger partial charge in [-0.25, -0.2) is 0 Å². The molecule has 23 heavy (non-hydrogen) atoms. The van der Waals surface area contributed by atoms with Gasteiger partial charge in [0, 0.05) is 31.3 Å². The molecule has 0 unspecified atom stereocenters. The molecule has 1 fully saturated rings. The second kappa shape index (κ2) is 6.49. The summed E-state index contributed by atoms with van der Waals surface area (Å²) in [7, 11) is 0. The Labute approximate surface area is 150 Å². The molecule has 2 aromatic rings. The summed E-state index contributed by atoms with van der Waals surface area (Å²) in [6.45, 7) is 7.97. The smallest absolute Gasteiger partial charge is 0.270 e. The molecule has 7 heteroatoms. The Morgan fingerprint density at radius 1 is 1.43 bits per heavy atom. The van der Waals surface area contributed by atoms with Crippen LogP contribution in [0.4, 0.5) is 0 Å². The summed E-state index contributed by atoms with van der Waals surface area (Å²) in [4.78, 5) is 17.6. The average molecular weight is 405 g/mol. The van der Waals surface area contributed by atoms with Crippen LogP contribution >= 0.6 is 28.3 Å². The van der Waals surface area contributed by atoms with E-state index in [0.29, 0.717) is 28.4 Å². The zero-order valence-electron chi connectivity index (χ0n) is 13.6. The fraction of sp³-hybridized carbons (Fsp3) is 0.562. The van der Waals surface area contributed by atoms with Crippen molar-refractivity contribution >= 4 is 45.3 Å². The second-order valence-electron chi connectivity index (χ2n) is 7.41. The first kappa shape index (κ1) is 18.4. The molecule has 3 N–H and O–H groups in total.